The molecule has 0 N–H and O–H groups in total. The van der Waals surface area contributed by atoms with E-state index in [1.165, 1.54) is 16.3 Å². The molecule has 0 bridgehead atoms. The zero-order valence-electron chi connectivity index (χ0n) is 12.0. The minimum atomic E-state index is -0.532. The van der Waals surface area contributed by atoms with Crippen LogP contribution in [-0.2, 0) is 6.54 Å². The van der Waals surface area contributed by atoms with Gasteiger partial charge in [0.25, 0.3) is 0 Å². The molecule has 0 unspecified atom stereocenters. The van der Waals surface area contributed by atoms with Gasteiger partial charge in [0.15, 0.2) is 5.15 Å². The predicted molar refractivity (Wildman–Crippen MR) is 81.2 cm³/mol. The van der Waals surface area contributed by atoms with Crippen molar-refractivity contribution in [1.29, 1.82) is 0 Å². The highest BCUT2D eigenvalue weighted by Crippen LogP contribution is 2.28. The molecule has 1 aromatic carbocycles. The maximum absolute atomic E-state index is 10.7. The van der Waals surface area contributed by atoms with Gasteiger partial charge in [-0.05, 0) is 22.6 Å². The number of likely N-dealkylation sites (tertiary alicyclic amines) is 1. The Bertz CT molecular complexity index is 680. The molecule has 1 saturated heterocycles. The van der Waals surface area contributed by atoms with Crippen LogP contribution in [0.4, 0.5) is 5.82 Å². The van der Waals surface area contributed by atoms with Crippen LogP contribution in [0.2, 0.25) is 5.15 Å². The van der Waals surface area contributed by atoms with Gasteiger partial charge in [-0.3, -0.25) is 4.90 Å². The molecular weight excluding hydrogens is 308 g/mol. The standard InChI is InChI=1S/C14H15ClN4O3/c1-22-12-4-2-10(3-5-12)7-17-8-11(9-17)18-13(15)6-14(16-18)19(20)21/h2-6,11H,7-9H2,1H3. The van der Waals surface area contributed by atoms with Gasteiger partial charge in [-0.25, -0.2) is 0 Å². The average molecular weight is 323 g/mol. The van der Waals surface area contributed by atoms with Gasteiger partial charge < -0.3 is 14.9 Å². The van der Waals surface area contributed by atoms with Gasteiger partial charge in [0.05, 0.1) is 18.3 Å². The first-order valence-corrected chi connectivity index (χ1v) is 7.19. The SMILES string of the molecule is COc1ccc(CN2CC(n3nc([N+](=O)[O-])cc3Cl)C2)cc1. The van der Waals surface area contributed by atoms with E-state index in [0.29, 0.717) is 5.15 Å². The molecule has 2 heterocycles. The van der Waals surface area contributed by atoms with E-state index in [4.69, 9.17) is 16.3 Å². The monoisotopic (exact) mass is 322 g/mol. The van der Waals surface area contributed by atoms with Crippen molar-refractivity contribution in [2.45, 2.75) is 12.6 Å². The number of rotatable bonds is 5. The van der Waals surface area contributed by atoms with E-state index in [1.807, 2.05) is 24.3 Å². The molecule has 7 nitrogen and oxygen atoms in total. The summed E-state index contributed by atoms with van der Waals surface area (Å²) in [7, 11) is 1.64. The molecule has 3 rings (SSSR count). The zero-order chi connectivity index (χ0) is 15.7. The van der Waals surface area contributed by atoms with Gasteiger partial charge in [-0.15, -0.1) is 0 Å². The summed E-state index contributed by atoms with van der Waals surface area (Å²) in [6.45, 7) is 2.36. The van der Waals surface area contributed by atoms with Crippen molar-refractivity contribution in [3.63, 3.8) is 0 Å². The van der Waals surface area contributed by atoms with Gasteiger partial charge in [-0.2, -0.15) is 4.68 Å². The molecule has 1 aromatic heterocycles. The smallest absolute Gasteiger partial charge is 0.391 e. The Labute approximate surface area is 132 Å². The van der Waals surface area contributed by atoms with E-state index in [2.05, 4.69) is 10.00 Å². The Kier molecular flexibility index (Phi) is 4.00. The molecule has 1 aliphatic heterocycles. The van der Waals surface area contributed by atoms with E-state index >= 15 is 0 Å². The zero-order valence-corrected chi connectivity index (χ0v) is 12.7. The molecule has 0 amide bonds. The van der Waals surface area contributed by atoms with Crippen LogP contribution < -0.4 is 4.74 Å². The van der Waals surface area contributed by atoms with Gasteiger partial charge >= 0.3 is 5.82 Å². The molecule has 2 aromatic rings. The highest BCUT2D eigenvalue weighted by atomic mass is 35.5. The summed E-state index contributed by atoms with van der Waals surface area (Å²) in [6, 6.07) is 9.28. The maximum Gasteiger partial charge on any atom is 0.391 e. The number of nitro groups is 1. The second-order valence-corrected chi connectivity index (χ2v) is 5.61. The third-order valence-electron chi connectivity index (χ3n) is 3.71. The van der Waals surface area contributed by atoms with Crippen molar-refractivity contribution in [3.05, 3.63) is 51.2 Å². The molecular formula is C14H15ClN4O3. The fraction of sp³-hybridized carbons (Fsp3) is 0.357. The van der Waals surface area contributed by atoms with Gasteiger partial charge in [-0.1, -0.05) is 23.7 Å². The van der Waals surface area contributed by atoms with Gasteiger partial charge in [0, 0.05) is 19.6 Å². The highest BCUT2D eigenvalue weighted by Gasteiger charge is 2.33. The number of methoxy groups -OCH3 is 1. The summed E-state index contributed by atoms with van der Waals surface area (Å²) < 4.78 is 6.66. The van der Waals surface area contributed by atoms with Crippen LogP contribution in [0.3, 0.4) is 0 Å². The normalized spacial score (nSPS) is 15.5. The molecule has 0 saturated carbocycles. The van der Waals surface area contributed by atoms with Crippen LogP contribution in [0, 0.1) is 10.1 Å². The number of nitrogens with zero attached hydrogens (tertiary/aromatic N) is 4. The Morgan fingerprint density at radius 2 is 2.09 bits per heavy atom. The van der Waals surface area contributed by atoms with E-state index < -0.39 is 4.92 Å². The molecule has 22 heavy (non-hydrogen) atoms. The van der Waals surface area contributed by atoms with E-state index in [-0.39, 0.29) is 11.9 Å². The number of hydrogen-bond acceptors (Lipinski definition) is 5. The van der Waals surface area contributed by atoms with Crippen molar-refractivity contribution in [3.8, 4) is 5.75 Å². The first-order chi connectivity index (χ1) is 10.6. The van der Waals surface area contributed by atoms with Crippen LogP contribution >= 0.6 is 11.6 Å². The quantitative estimate of drug-likeness (QED) is 0.624. The number of aromatic nitrogens is 2. The number of halogens is 1. The fourth-order valence-corrected chi connectivity index (χ4v) is 2.79. The van der Waals surface area contributed by atoms with Crippen LogP contribution in [0.25, 0.3) is 0 Å². The van der Waals surface area contributed by atoms with E-state index in [1.54, 1.807) is 7.11 Å². The molecule has 1 fully saturated rings. The van der Waals surface area contributed by atoms with E-state index in [9.17, 15) is 10.1 Å². The minimum absolute atomic E-state index is 0.0828. The lowest BCUT2D eigenvalue weighted by atomic mass is 10.1. The number of ether oxygens (including phenoxy) is 1. The van der Waals surface area contributed by atoms with Gasteiger partial charge in [0.1, 0.15) is 11.8 Å². The second kappa shape index (κ2) is 5.94. The first kappa shape index (κ1) is 14.8. The Morgan fingerprint density at radius 1 is 1.41 bits per heavy atom. The fourth-order valence-electron chi connectivity index (χ4n) is 2.52. The van der Waals surface area contributed by atoms with Crippen molar-refractivity contribution >= 4 is 17.4 Å². The maximum atomic E-state index is 10.7. The summed E-state index contributed by atoms with van der Waals surface area (Å²) in [6.07, 6.45) is 0. The van der Waals surface area contributed by atoms with Crippen molar-refractivity contribution < 1.29 is 9.66 Å². The summed E-state index contributed by atoms with van der Waals surface area (Å²) in [4.78, 5) is 12.4. The lowest BCUT2D eigenvalue weighted by Gasteiger charge is -2.37. The van der Waals surface area contributed by atoms with Gasteiger partial charge in [0.2, 0.25) is 0 Å². The third-order valence-corrected chi connectivity index (χ3v) is 4.00. The average Bonchev–Trinajstić information content (AvgIpc) is 2.85. The Balaban J connectivity index is 1.58. The first-order valence-electron chi connectivity index (χ1n) is 6.81. The third kappa shape index (κ3) is 2.90. The van der Waals surface area contributed by atoms with E-state index in [0.717, 1.165) is 25.4 Å². The predicted octanol–water partition coefficient (Wildman–Crippen LogP) is 2.51. The Hall–Kier alpha value is -2.12. The number of hydrogen-bond donors (Lipinski definition) is 0. The summed E-state index contributed by atoms with van der Waals surface area (Å²) in [5.74, 6) is 0.625. The lowest BCUT2D eigenvalue weighted by molar-refractivity contribution is -0.389. The summed E-state index contributed by atoms with van der Waals surface area (Å²) in [5, 5.41) is 14.9. The summed E-state index contributed by atoms with van der Waals surface area (Å²) >= 11 is 6.00. The van der Waals surface area contributed by atoms with Crippen molar-refractivity contribution in [2.24, 2.45) is 0 Å². The summed E-state index contributed by atoms with van der Waals surface area (Å²) in [5.41, 5.74) is 1.19. The van der Waals surface area contributed by atoms with Crippen LogP contribution in [0.15, 0.2) is 30.3 Å². The molecule has 116 valence electrons. The second-order valence-electron chi connectivity index (χ2n) is 5.22. The molecule has 0 radical (unpaired) electrons. The molecule has 0 atom stereocenters. The van der Waals surface area contributed by atoms with Crippen LogP contribution in [0.1, 0.15) is 11.6 Å². The molecule has 1 aliphatic rings. The highest BCUT2D eigenvalue weighted by molar-refractivity contribution is 6.29. The molecule has 8 heteroatoms. The molecule has 0 spiro atoms. The molecule has 0 aliphatic carbocycles. The van der Waals surface area contributed by atoms with Crippen molar-refractivity contribution in [1.82, 2.24) is 14.7 Å². The number of benzene rings is 1. The van der Waals surface area contributed by atoms with Crippen molar-refractivity contribution in [2.75, 3.05) is 20.2 Å². The largest absolute Gasteiger partial charge is 0.497 e. The van der Waals surface area contributed by atoms with Crippen LogP contribution in [-0.4, -0.2) is 39.8 Å². The topological polar surface area (TPSA) is 73.4 Å². The lowest BCUT2D eigenvalue weighted by Crippen LogP contribution is -2.47. The minimum Gasteiger partial charge on any atom is -0.497 e. The Morgan fingerprint density at radius 3 is 2.64 bits per heavy atom. The van der Waals surface area contributed by atoms with Crippen LogP contribution in [0.5, 0.6) is 5.75 Å².